The Bertz CT molecular complexity index is 940. The molecule has 0 bridgehead atoms. The quantitative estimate of drug-likeness (QED) is 0.436. The van der Waals surface area contributed by atoms with E-state index in [-0.39, 0.29) is 6.23 Å². The van der Waals surface area contributed by atoms with Crippen molar-refractivity contribution in [2.75, 3.05) is 6.23 Å². The van der Waals surface area contributed by atoms with Crippen molar-refractivity contribution in [3.05, 3.63) is 54.6 Å². The number of benzene rings is 4. The average Bonchev–Trinajstić information content (AvgIpc) is 2.52. The van der Waals surface area contributed by atoms with Gasteiger partial charge in [0, 0.05) is 6.23 Å². The lowest BCUT2D eigenvalue weighted by molar-refractivity contribution is 0.360. The second-order valence-corrected chi connectivity index (χ2v) is 11.1. The molecule has 0 aliphatic heterocycles. The van der Waals surface area contributed by atoms with Crippen LogP contribution >= 0.6 is 0 Å². The van der Waals surface area contributed by atoms with E-state index < -0.39 is 8.07 Å². The summed E-state index contributed by atoms with van der Waals surface area (Å²) in [6.07, 6.45) is 0.289. The van der Waals surface area contributed by atoms with Crippen molar-refractivity contribution in [3.63, 3.8) is 0 Å². The van der Waals surface area contributed by atoms with Gasteiger partial charge in [0.2, 0.25) is 0 Å². The van der Waals surface area contributed by atoms with E-state index in [2.05, 4.69) is 67.7 Å². The molecule has 0 saturated carbocycles. The van der Waals surface area contributed by atoms with Crippen molar-refractivity contribution in [2.24, 2.45) is 0 Å². The molecule has 1 nitrogen and oxygen atoms in total. The third-order valence-electron chi connectivity index (χ3n) is 4.65. The van der Waals surface area contributed by atoms with Crippen molar-refractivity contribution in [1.82, 2.24) is 0 Å². The SMILES string of the molecule is C[Si](C)(CO)c1ccc2ccc3cccc4ccc1c2c34. The first-order chi connectivity index (χ1) is 10.1. The molecule has 0 fully saturated rings. The monoisotopic (exact) mass is 290 g/mol. The van der Waals surface area contributed by atoms with E-state index in [0.717, 1.165) is 0 Å². The van der Waals surface area contributed by atoms with E-state index in [1.165, 1.54) is 37.5 Å². The molecule has 0 aliphatic carbocycles. The highest BCUT2D eigenvalue weighted by molar-refractivity contribution is 6.91. The molecular weight excluding hydrogens is 272 g/mol. The van der Waals surface area contributed by atoms with Gasteiger partial charge in [0.15, 0.2) is 0 Å². The lowest BCUT2D eigenvalue weighted by atomic mass is 9.94. The fraction of sp³-hybridized carbons (Fsp3) is 0.158. The first-order valence-corrected chi connectivity index (χ1v) is 10.6. The Morgan fingerprint density at radius 3 is 2.00 bits per heavy atom. The summed E-state index contributed by atoms with van der Waals surface area (Å²) in [5, 5.41) is 19.1. The number of rotatable bonds is 2. The molecule has 0 saturated heterocycles. The summed E-state index contributed by atoms with van der Waals surface area (Å²) < 4.78 is 0. The maximum atomic E-state index is 9.81. The van der Waals surface area contributed by atoms with Crippen molar-refractivity contribution in [2.45, 2.75) is 13.1 Å². The van der Waals surface area contributed by atoms with Gasteiger partial charge in [0.05, 0.1) is 0 Å². The number of aliphatic hydroxyl groups excluding tert-OH is 1. The molecule has 4 rings (SSSR count). The summed E-state index contributed by atoms with van der Waals surface area (Å²) in [7, 11) is -1.79. The molecular formula is C19H18OSi. The minimum atomic E-state index is -1.79. The zero-order valence-electron chi connectivity index (χ0n) is 12.4. The van der Waals surface area contributed by atoms with E-state index >= 15 is 0 Å². The second-order valence-electron chi connectivity index (χ2n) is 6.51. The highest BCUT2D eigenvalue weighted by Gasteiger charge is 2.25. The summed E-state index contributed by atoms with van der Waals surface area (Å²) >= 11 is 0. The van der Waals surface area contributed by atoms with Crippen LogP contribution in [0.3, 0.4) is 0 Å². The highest BCUT2D eigenvalue weighted by Crippen LogP contribution is 2.34. The Balaban J connectivity index is 2.26. The van der Waals surface area contributed by atoms with Crippen LogP contribution in [0.2, 0.25) is 13.1 Å². The van der Waals surface area contributed by atoms with E-state index in [1.54, 1.807) is 0 Å². The van der Waals surface area contributed by atoms with Gasteiger partial charge in [-0.2, -0.15) is 0 Å². The van der Waals surface area contributed by atoms with E-state index in [9.17, 15) is 5.11 Å². The molecule has 0 spiro atoms. The molecule has 0 amide bonds. The molecule has 1 N–H and O–H groups in total. The summed E-state index contributed by atoms with van der Waals surface area (Å²) in [5.74, 6) is 0. The predicted molar refractivity (Wildman–Crippen MR) is 94.3 cm³/mol. The maximum absolute atomic E-state index is 9.81. The summed E-state index contributed by atoms with van der Waals surface area (Å²) in [4.78, 5) is 0. The van der Waals surface area contributed by atoms with Crippen LogP contribution in [0.1, 0.15) is 0 Å². The third-order valence-corrected chi connectivity index (χ3v) is 7.34. The molecule has 104 valence electrons. The first kappa shape index (κ1) is 12.8. The number of hydrogen-bond donors (Lipinski definition) is 1. The Labute approximate surface area is 125 Å². The average molecular weight is 290 g/mol. The molecule has 0 aliphatic rings. The Kier molecular flexibility index (Phi) is 2.62. The molecule has 21 heavy (non-hydrogen) atoms. The third kappa shape index (κ3) is 1.73. The van der Waals surface area contributed by atoms with Gasteiger partial charge in [-0.05, 0) is 37.5 Å². The van der Waals surface area contributed by atoms with Gasteiger partial charge >= 0.3 is 0 Å². The van der Waals surface area contributed by atoms with Crippen molar-refractivity contribution < 1.29 is 5.11 Å². The summed E-state index contributed by atoms with van der Waals surface area (Å²) in [6, 6.07) is 19.8. The van der Waals surface area contributed by atoms with Crippen molar-refractivity contribution in [3.8, 4) is 0 Å². The van der Waals surface area contributed by atoms with Crippen LogP contribution in [0.5, 0.6) is 0 Å². The van der Waals surface area contributed by atoms with Gasteiger partial charge in [-0.25, -0.2) is 0 Å². The van der Waals surface area contributed by atoms with Crippen LogP contribution in [0.4, 0.5) is 0 Å². The van der Waals surface area contributed by atoms with Crippen LogP contribution in [-0.2, 0) is 0 Å². The van der Waals surface area contributed by atoms with Gasteiger partial charge in [-0.15, -0.1) is 0 Å². The number of hydrogen-bond acceptors (Lipinski definition) is 1. The molecule has 4 aromatic rings. The lowest BCUT2D eigenvalue weighted by Gasteiger charge is -2.23. The highest BCUT2D eigenvalue weighted by atomic mass is 28.3. The molecule has 0 heterocycles. The maximum Gasteiger partial charge on any atom is 0.110 e. The van der Waals surface area contributed by atoms with Gasteiger partial charge in [-0.1, -0.05) is 67.7 Å². The van der Waals surface area contributed by atoms with Crippen LogP contribution in [0.25, 0.3) is 32.3 Å². The Morgan fingerprint density at radius 2 is 1.33 bits per heavy atom. The molecule has 0 unspecified atom stereocenters. The molecule has 4 aromatic carbocycles. The smallest absolute Gasteiger partial charge is 0.110 e. The fourth-order valence-electron chi connectivity index (χ4n) is 3.41. The van der Waals surface area contributed by atoms with Crippen LogP contribution in [0.15, 0.2) is 54.6 Å². The lowest BCUT2D eigenvalue weighted by Crippen LogP contribution is -2.45. The Hall–Kier alpha value is -1.90. The van der Waals surface area contributed by atoms with E-state index in [4.69, 9.17) is 0 Å². The minimum Gasteiger partial charge on any atom is -0.399 e. The zero-order chi connectivity index (χ0) is 14.6. The van der Waals surface area contributed by atoms with Gasteiger partial charge in [0.25, 0.3) is 0 Å². The molecule has 2 heteroatoms. The Morgan fingerprint density at radius 1 is 0.762 bits per heavy atom. The number of aliphatic hydroxyl groups is 1. The minimum absolute atomic E-state index is 0.289. The molecule has 0 atom stereocenters. The van der Waals surface area contributed by atoms with Crippen molar-refractivity contribution >= 4 is 45.6 Å². The topological polar surface area (TPSA) is 20.2 Å². The van der Waals surface area contributed by atoms with Gasteiger partial charge in [0.1, 0.15) is 8.07 Å². The van der Waals surface area contributed by atoms with Gasteiger partial charge in [-0.3, -0.25) is 0 Å². The van der Waals surface area contributed by atoms with Crippen molar-refractivity contribution in [1.29, 1.82) is 0 Å². The predicted octanol–water partition coefficient (Wildman–Crippen LogP) is 4.03. The second kappa shape index (κ2) is 4.29. The fourth-order valence-corrected chi connectivity index (χ4v) is 5.05. The standard InChI is InChI=1S/C19H18OSi/c1-21(2,12-20)17-11-9-15-7-6-13-4-3-5-14-8-10-16(17)19(15)18(13)14/h3-11,20H,12H2,1-2H3. The van der Waals surface area contributed by atoms with E-state index in [0.29, 0.717) is 0 Å². The summed E-state index contributed by atoms with van der Waals surface area (Å²) in [5.41, 5.74) is 0. The largest absolute Gasteiger partial charge is 0.399 e. The zero-order valence-corrected chi connectivity index (χ0v) is 13.4. The molecule has 0 aromatic heterocycles. The van der Waals surface area contributed by atoms with E-state index in [1.807, 2.05) is 0 Å². The van der Waals surface area contributed by atoms with Crippen LogP contribution < -0.4 is 5.19 Å². The van der Waals surface area contributed by atoms with Crippen LogP contribution in [0, 0.1) is 0 Å². The first-order valence-electron chi connectivity index (χ1n) is 7.40. The normalized spacial score (nSPS) is 12.7. The molecule has 0 radical (unpaired) electrons. The van der Waals surface area contributed by atoms with Gasteiger partial charge < -0.3 is 5.11 Å². The van der Waals surface area contributed by atoms with Crippen LogP contribution in [-0.4, -0.2) is 19.4 Å². The summed E-state index contributed by atoms with van der Waals surface area (Å²) in [6.45, 7) is 4.47.